The molecule has 0 heterocycles. The zero-order chi connectivity index (χ0) is 18.9. The molecule has 2 N–H and O–H groups in total. The van der Waals surface area contributed by atoms with Gasteiger partial charge in [0.05, 0.1) is 6.21 Å². The third-order valence-electron chi connectivity index (χ3n) is 3.24. The van der Waals surface area contributed by atoms with E-state index in [2.05, 4.69) is 22.4 Å². The summed E-state index contributed by atoms with van der Waals surface area (Å²) >= 11 is 5.98. The number of nitrogens with zero attached hydrogens (tertiary/aromatic N) is 1. The second kappa shape index (κ2) is 9.39. The number of ether oxygens (including phenoxy) is 1. The summed E-state index contributed by atoms with van der Waals surface area (Å²) in [6.45, 7) is 5.81. The molecule has 2 aromatic carbocycles. The molecule has 2 rings (SSSR count). The highest BCUT2D eigenvalue weighted by Gasteiger charge is 2.13. The fourth-order valence-corrected chi connectivity index (χ4v) is 2.10. The van der Waals surface area contributed by atoms with Gasteiger partial charge in [-0.15, -0.1) is 0 Å². The van der Waals surface area contributed by atoms with E-state index in [1.54, 1.807) is 48.5 Å². The number of hydrogen-bond donors (Lipinski definition) is 2. The van der Waals surface area contributed by atoms with E-state index in [0.717, 1.165) is 5.56 Å². The van der Waals surface area contributed by atoms with E-state index in [9.17, 15) is 9.59 Å². The Labute approximate surface area is 156 Å². The van der Waals surface area contributed by atoms with Crippen LogP contribution in [0.5, 0.6) is 5.75 Å². The molecule has 0 fully saturated rings. The number of hydrazone groups is 1. The molecule has 0 aliphatic heterocycles. The van der Waals surface area contributed by atoms with Gasteiger partial charge in [-0.3, -0.25) is 9.59 Å². The van der Waals surface area contributed by atoms with Crippen molar-refractivity contribution >= 4 is 35.3 Å². The number of halogens is 1. The molecule has 0 aromatic heterocycles. The van der Waals surface area contributed by atoms with Crippen LogP contribution in [0, 0.1) is 6.92 Å². The molecule has 0 saturated carbocycles. The standard InChI is InChI=1S/C19H18ClN3O3/c1-3-9-26-16-6-4-5-14(10-16)12-21-23-19(25)18(24)22-15-8-7-13(2)17(20)11-15/h3-8,10-12H,1,9H2,2H3,(H,22,24)(H,23,25). The van der Waals surface area contributed by atoms with E-state index in [-0.39, 0.29) is 0 Å². The van der Waals surface area contributed by atoms with Gasteiger partial charge in [0, 0.05) is 10.7 Å². The second-order valence-corrected chi connectivity index (χ2v) is 5.70. The number of amides is 2. The van der Waals surface area contributed by atoms with Crippen LogP contribution >= 0.6 is 11.6 Å². The molecule has 0 radical (unpaired) electrons. The van der Waals surface area contributed by atoms with Crippen molar-refractivity contribution in [2.75, 3.05) is 11.9 Å². The van der Waals surface area contributed by atoms with Gasteiger partial charge in [0.1, 0.15) is 12.4 Å². The first-order chi connectivity index (χ1) is 12.5. The molecule has 0 unspecified atom stereocenters. The molecule has 0 aliphatic rings. The number of nitrogens with one attached hydrogen (secondary N) is 2. The van der Waals surface area contributed by atoms with Crippen LogP contribution < -0.4 is 15.5 Å². The van der Waals surface area contributed by atoms with Gasteiger partial charge >= 0.3 is 11.8 Å². The van der Waals surface area contributed by atoms with Crippen LogP contribution in [0.3, 0.4) is 0 Å². The SMILES string of the molecule is C=CCOc1cccc(C=NNC(=O)C(=O)Nc2ccc(C)c(Cl)c2)c1. The average molecular weight is 372 g/mol. The number of hydrogen-bond acceptors (Lipinski definition) is 4. The van der Waals surface area contributed by atoms with Crippen LogP contribution in [0.2, 0.25) is 5.02 Å². The maximum absolute atomic E-state index is 11.9. The normalized spacial score (nSPS) is 10.4. The van der Waals surface area contributed by atoms with E-state index < -0.39 is 11.8 Å². The van der Waals surface area contributed by atoms with Crippen LogP contribution in [0.25, 0.3) is 0 Å². The number of rotatable bonds is 6. The Bertz CT molecular complexity index is 850. The Hall–Kier alpha value is -3.12. The number of aryl methyl sites for hydroxylation is 1. The Morgan fingerprint density at radius 3 is 2.77 bits per heavy atom. The summed E-state index contributed by atoms with van der Waals surface area (Å²) in [5, 5.41) is 6.72. The first-order valence-electron chi connectivity index (χ1n) is 7.74. The van der Waals surface area contributed by atoms with Crippen LogP contribution in [-0.4, -0.2) is 24.6 Å². The highest BCUT2D eigenvalue weighted by atomic mass is 35.5. The molecule has 0 atom stereocenters. The third-order valence-corrected chi connectivity index (χ3v) is 3.65. The van der Waals surface area contributed by atoms with Gasteiger partial charge in [-0.1, -0.05) is 42.5 Å². The average Bonchev–Trinajstić information content (AvgIpc) is 2.63. The van der Waals surface area contributed by atoms with E-state index in [4.69, 9.17) is 16.3 Å². The predicted molar refractivity (Wildman–Crippen MR) is 103 cm³/mol. The highest BCUT2D eigenvalue weighted by Crippen LogP contribution is 2.19. The van der Waals surface area contributed by atoms with Gasteiger partial charge in [-0.05, 0) is 42.3 Å². The topological polar surface area (TPSA) is 79.8 Å². The lowest BCUT2D eigenvalue weighted by Gasteiger charge is -2.06. The Morgan fingerprint density at radius 1 is 1.23 bits per heavy atom. The van der Waals surface area contributed by atoms with Gasteiger partial charge in [-0.25, -0.2) is 5.43 Å². The van der Waals surface area contributed by atoms with Gasteiger partial charge in [-0.2, -0.15) is 5.10 Å². The third kappa shape index (κ3) is 5.75. The largest absolute Gasteiger partial charge is 0.490 e. The molecule has 7 heteroatoms. The van der Waals surface area contributed by atoms with Gasteiger partial charge < -0.3 is 10.1 Å². The van der Waals surface area contributed by atoms with E-state index in [1.807, 2.05) is 6.92 Å². The van der Waals surface area contributed by atoms with E-state index in [0.29, 0.717) is 28.6 Å². The van der Waals surface area contributed by atoms with Gasteiger partial charge in [0.15, 0.2) is 0 Å². The Balaban J connectivity index is 1.90. The molecule has 0 bridgehead atoms. The number of benzene rings is 2. The molecular formula is C19H18ClN3O3. The number of carbonyl (C=O) groups is 2. The summed E-state index contributed by atoms with van der Waals surface area (Å²) in [6.07, 6.45) is 3.05. The van der Waals surface area contributed by atoms with Gasteiger partial charge in [0.2, 0.25) is 0 Å². The molecule has 2 amide bonds. The van der Waals surface area contributed by atoms with Crippen molar-refractivity contribution in [3.63, 3.8) is 0 Å². The summed E-state index contributed by atoms with van der Waals surface area (Å²) in [4.78, 5) is 23.6. The Morgan fingerprint density at radius 2 is 2.04 bits per heavy atom. The fourth-order valence-electron chi connectivity index (χ4n) is 1.91. The van der Waals surface area contributed by atoms with Crippen LogP contribution in [0.1, 0.15) is 11.1 Å². The van der Waals surface area contributed by atoms with E-state index >= 15 is 0 Å². The lowest BCUT2D eigenvalue weighted by atomic mass is 10.2. The first-order valence-corrected chi connectivity index (χ1v) is 8.11. The molecule has 0 saturated heterocycles. The predicted octanol–water partition coefficient (Wildman–Crippen LogP) is 3.30. The zero-order valence-electron chi connectivity index (χ0n) is 14.2. The number of carbonyl (C=O) groups excluding carboxylic acids is 2. The molecule has 2 aromatic rings. The lowest BCUT2D eigenvalue weighted by Crippen LogP contribution is -2.32. The van der Waals surface area contributed by atoms with Crippen molar-refractivity contribution in [2.45, 2.75) is 6.92 Å². The van der Waals surface area contributed by atoms with Crippen molar-refractivity contribution in [1.29, 1.82) is 0 Å². The van der Waals surface area contributed by atoms with Crippen LogP contribution in [0.4, 0.5) is 5.69 Å². The summed E-state index contributed by atoms with van der Waals surface area (Å²) in [5.74, 6) is -1.09. The Kier molecular flexibility index (Phi) is 6.93. The summed E-state index contributed by atoms with van der Waals surface area (Å²) in [7, 11) is 0. The van der Waals surface area contributed by atoms with Crippen molar-refractivity contribution in [2.24, 2.45) is 5.10 Å². The van der Waals surface area contributed by atoms with Crippen LogP contribution in [-0.2, 0) is 9.59 Å². The van der Waals surface area contributed by atoms with Crippen molar-refractivity contribution in [1.82, 2.24) is 5.43 Å². The minimum atomic E-state index is -0.892. The summed E-state index contributed by atoms with van der Waals surface area (Å²) in [6, 6.07) is 12.1. The summed E-state index contributed by atoms with van der Waals surface area (Å²) < 4.78 is 5.40. The zero-order valence-corrected chi connectivity index (χ0v) is 14.9. The maximum Gasteiger partial charge on any atom is 0.329 e. The van der Waals surface area contributed by atoms with Gasteiger partial charge in [0.25, 0.3) is 0 Å². The lowest BCUT2D eigenvalue weighted by molar-refractivity contribution is -0.136. The fraction of sp³-hybridized carbons (Fsp3) is 0.105. The molecular weight excluding hydrogens is 354 g/mol. The molecule has 6 nitrogen and oxygen atoms in total. The van der Waals surface area contributed by atoms with Crippen molar-refractivity contribution in [3.05, 3.63) is 71.3 Å². The molecule has 0 spiro atoms. The minimum Gasteiger partial charge on any atom is -0.490 e. The second-order valence-electron chi connectivity index (χ2n) is 5.29. The smallest absolute Gasteiger partial charge is 0.329 e. The quantitative estimate of drug-likeness (QED) is 0.354. The summed E-state index contributed by atoms with van der Waals surface area (Å²) in [5.41, 5.74) is 4.18. The molecule has 134 valence electrons. The first kappa shape index (κ1) is 19.2. The maximum atomic E-state index is 11.9. The monoisotopic (exact) mass is 371 g/mol. The molecule has 26 heavy (non-hydrogen) atoms. The van der Waals surface area contributed by atoms with E-state index in [1.165, 1.54) is 6.21 Å². The van der Waals surface area contributed by atoms with Crippen LogP contribution in [0.15, 0.2) is 60.2 Å². The molecule has 0 aliphatic carbocycles. The van der Waals surface area contributed by atoms with Crippen molar-refractivity contribution < 1.29 is 14.3 Å². The van der Waals surface area contributed by atoms with Crippen molar-refractivity contribution in [3.8, 4) is 5.75 Å². The highest BCUT2D eigenvalue weighted by molar-refractivity contribution is 6.39. The minimum absolute atomic E-state index is 0.389. The number of anilines is 1.